The lowest BCUT2D eigenvalue weighted by Gasteiger charge is -2.11. The van der Waals surface area contributed by atoms with Gasteiger partial charge in [0.25, 0.3) is 0 Å². The molecule has 0 saturated carbocycles. The van der Waals surface area contributed by atoms with Crippen LogP contribution in [0.2, 0.25) is 0 Å². The molecule has 0 heterocycles. The van der Waals surface area contributed by atoms with E-state index in [1.54, 1.807) is 13.0 Å². The van der Waals surface area contributed by atoms with Crippen LogP contribution in [-0.2, 0) is 6.18 Å². The highest BCUT2D eigenvalue weighted by Gasteiger charge is 2.30. The molecule has 2 aromatic rings. The maximum absolute atomic E-state index is 12.6. The van der Waals surface area contributed by atoms with E-state index in [0.717, 1.165) is 12.1 Å². The summed E-state index contributed by atoms with van der Waals surface area (Å²) in [5, 5.41) is 18.3. The lowest BCUT2D eigenvalue weighted by molar-refractivity contribution is -0.137. The van der Waals surface area contributed by atoms with E-state index in [2.05, 4.69) is 0 Å². The van der Waals surface area contributed by atoms with Crippen molar-refractivity contribution in [3.63, 3.8) is 0 Å². The Morgan fingerprint density at radius 1 is 1.10 bits per heavy atom. The van der Waals surface area contributed by atoms with Gasteiger partial charge in [0.05, 0.1) is 11.1 Å². The number of aromatic hydroxyl groups is 1. The molecule has 0 fully saturated rings. The highest BCUT2D eigenvalue weighted by Crippen LogP contribution is 2.34. The van der Waals surface area contributed by atoms with E-state index in [1.165, 1.54) is 18.2 Å². The maximum Gasteiger partial charge on any atom is 0.416 e. The second-order valence-electron chi connectivity index (χ2n) is 4.37. The molecule has 0 bridgehead atoms. The van der Waals surface area contributed by atoms with E-state index in [4.69, 9.17) is 5.26 Å². The number of rotatable bonds is 1. The van der Waals surface area contributed by atoms with Crippen molar-refractivity contribution in [3.8, 4) is 22.9 Å². The van der Waals surface area contributed by atoms with Gasteiger partial charge in [-0.3, -0.25) is 0 Å². The van der Waals surface area contributed by atoms with E-state index >= 15 is 0 Å². The molecule has 0 spiro atoms. The average Bonchev–Trinajstić information content (AvgIpc) is 2.38. The molecule has 2 aromatic carbocycles. The summed E-state index contributed by atoms with van der Waals surface area (Å²) in [5.74, 6) is -0.152. The summed E-state index contributed by atoms with van der Waals surface area (Å²) >= 11 is 0. The van der Waals surface area contributed by atoms with Crippen LogP contribution in [0.25, 0.3) is 11.1 Å². The minimum absolute atomic E-state index is 0.0850. The molecule has 0 aliphatic heterocycles. The standard InChI is InChI=1S/C15H10F3NO/c1-9-6-12(15(16,17)18)3-4-13(9)10-2-5-14(20)11(7-10)8-19/h2-7,20H,1H3. The summed E-state index contributed by atoms with van der Waals surface area (Å²) in [6, 6.07) is 9.63. The van der Waals surface area contributed by atoms with Crippen LogP contribution in [-0.4, -0.2) is 5.11 Å². The zero-order chi connectivity index (χ0) is 14.9. The van der Waals surface area contributed by atoms with Gasteiger partial charge in [-0.05, 0) is 47.9 Å². The second kappa shape index (κ2) is 4.89. The largest absolute Gasteiger partial charge is 0.507 e. The Hall–Kier alpha value is -2.48. The smallest absolute Gasteiger partial charge is 0.416 e. The molecule has 0 radical (unpaired) electrons. The molecule has 0 amide bonds. The van der Waals surface area contributed by atoms with Crippen molar-refractivity contribution in [2.24, 2.45) is 0 Å². The number of aryl methyl sites for hydroxylation is 1. The number of alkyl halides is 3. The summed E-state index contributed by atoms with van der Waals surface area (Å²) < 4.78 is 37.8. The quantitative estimate of drug-likeness (QED) is 0.846. The summed E-state index contributed by atoms with van der Waals surface area (Å²) in [7, 11) is 0. The summed E-state index contributed by atoms with van der Waals surface area (Å²) in [5.41, 5.74) is 1.01. The summed E-state index contributed by atoms with van der Waals surface area (Å²) in [6.07, 6.45) is -4.38. The third-order valence-corrected chi connectivity index (χ3v) is 2.98. The highest BCUT2D eigenvalue weighted by atomic mass is 19.4. The molecular formula is C15H10F3NO. The lowest BCUT2D eigenvalue weighted by atomic mass is 9.97. The first-order chi connectivity index (χ1) is 9.32. The predicted octanol–water partition coefficient (Wildman–Crippen LogP) is 4.26. The van der Waals surface area contributed by atoms with Gasteiger partial charge >= 0.3 is 6.18 Å². The third kappa shape index (κ3) is 2.59. The molecule has 102 valence electrons. The van der Waals surface area contributed by atoms with Crippen molar-refractivity contribution in [2.45, 2.75) is 13.1 Å². The van der Waals surface area contributed by atoms with Crippen LogP contribution >= 0.6 is 0 Å². The molecule has 5 heteroatoms. The Balaban J connectivity index is 2.52. The van der Waals surface area contributed by atoms with Crippen LogP contribution in [0.1, 0.15) is 16.7 Å². The molecule has 0 aliphatic rings. The molecule has 0 unspecified atom stereocenters. The second-order valence-corrected chi connectivity index (χ2v) is 4.37. The number of halogens is 3. The first-order valence-electron chi connectivity index (χ1n) is 5.74. The maximum atomic E-state index is 12.6. The molecule has 0 aliphatic carbocycles. The van der Waals surface area contributed by atoms with Crippen LogP contribution in [0, 0.1) is 18.3 Å². The number of hydrogen-bond acceptors (Lipinski definition) is 2. The number of nitrogens with zero attached hydrogens (tertiary/aromatic N) is 1. The van der Waals surface area contributed by atoms with Crippen molar-refractivity contribution in [2.75, 3.05) is 0 Å². The molecular weight excluding hydrogens is 267 g/mol. The van der Waals surface area contributed by atoms with E-state index in [9.17, 15) is 18.3 Å². The fraction of sp³-hybridized carbons (Fsp3) is 0.133. The Labute approximate surface area is 113 Å². The SMILES string of the molecule is Cc1cc(C(F)(F)F)ccc1-c1ccc(O)c(C#N)c1. The normalized spacial score (nSPS) is 11.2. The lowest BCUT2D eigenvalue weighted by Crippen LogP contribution is -2.05. The van der Waals surface area contributed by atoms with Gasteiger partial charge in [-0.1, -0.05) is 12.1 Å². The van der Waals surface area contributed by atoms with Crippen molar-refractivity contribution >= 4 is 0 Å². The number of hydrogen-bond donors (Lipinski definition) is 1. The molecule has 20 heavy (non-hydrogen) atoms. The summed E-state index contributed by atoms with van der Waals surface area (Å²) in [6.45, 7) is 1.57. The molecule has 0 aromatic heterocycles. The van der Waals surface area contributed by atoms with Crippen molar-refractivity contribution in [1.29, 1.82) is 5.26 Å². The van der Waals surface area contributed by atoms with Crippen LogP contribution in [0.5, 0.6) is 5.75 Å². The van der Waals surface area contributed by atoms with E-state index < -0.39 is 11.7 Å². The van der Waals surface area contributed by atoms with E-state index in [1.807, 2.05) is 6.07 Å². The van der Waals surface area contributed by atoms with Crippen LogP contribution in [0.15, 0.2) is 36.4 Å². The Kier molecular flexibility index (Phi) is 3.41. The Bertz CT molecular complexity index is 699. The topological polar surface area (TPSA) is 44.0 Å². The van der Waals surface area contributed by atoms with E-state index in [-0.39, 0.29) is 11.3 Å². The van der Waals surface area contributed by atoms with Crippen molar-refractivity contribution < 1.29 is 18.3 Å². The molecule has 2 nitrogen and oxygen atoms in total. The van der Waals surface area contributed by atoms with Crippen LogP contribution in [0.4, 0.5) is 13.2 Å². The fourth-order valence-corrected chi connectivity index (χ4v) is 1.96. The predicted molar refractivity (Wildman–Crippen MR) is 68.0 cm³/mol. The monoisotopic (exact) mass is 277 g/mol. The number of phenols is 1. The Morgan fingerprint density at radius 3 is 2.35 bits per heavy atom. The fourth-order valence-electron chi connectivity index (χ4n) is 1.96. The van der Waals surface area contributed by atoms with Crippen LogP contribution in [0.3, 0.4) is 0 Å². The number of nitriles is 1. The minimum atomic E-state index is -4.38. The van der Waals surface area contributed by atoms with Gasteiger partial charge in [0, 0.05) is 0 Å². The first-order valence-corrected chi connectivity index (χ1v) is 5.74. The van der Waals surface area contributed by atoms with Gasteiger partial charge in [0.2, 0.25) is 0 Å². The van der Waals surface area contributed by atoms with Crippen molar-refractivity contribution in [3.05, 3.63) is 53.1 Å². The van der Waals surface area contributed by atoms with Gasteiger partial charge in [0.15, 0.2) is 0 Å². The average molecular weight is 277 g/mol. The molecule has 2 rings (SSSR count). The van der Waals surface area contributed by atoms with Gasteiger partial charge in [-0.2, -0.15) is 18.4 Å². The van der Waals surface area contributed by atoms with Gasteiger partial charge in [0.1, 0.15) is 11.8 Å². The van der Waals surface area contributed by atoms with Gasteiger partial charge < -0.3 is 5.11 Å². The van der Waals surface area contributed by atoms with Gasteiger partial charge in [-0.25, -0.2) is 0 Å². The Morgan fingerprint density at radius 2 is 1.80 bits per heavy atom. The first kappa shape index (κ1) is 13.9. The van der Waals surface area contributed by atoms with E-state index in [0.29, 0.717) is 16.7 Å². The summed E-state index contributed by atoms with van der Waals surface area (Å²) in [4.78, 5) is 0. The minimum Gasteiger partial charge on any atom is -0.507 e. The molecule has 1 N–H and O–H groups in total. The number of benzene rings is 2. The zero-order valence-electron chi connectivity index (χ0n) is 10.5. The molecule has 0 atom stereocenters. The third-order valence-electron chi connectivity index (χ3n) is 2.98. The van der Waals surface area contributed by atoms with Gasteiger partial charge in [-0.15, -0.1) is 0 Å². The zero-order valence-corrected chi connectivity index (χ0v) is 10.5. The van der Waals surface area contributed by atoms with Crippen molar-refractivity contribution in [1.82, 2.24) is 0 Å². The van der Waals surface area contributed by atoms with Crippen LogP contribution < -0.4 is 0 Å². The number of phenolic OH excluding ortho intramolecular Hbond substituents is 1. The molecule has 0 saturated heterocycles. The highest BCUT2D eigenvalue weighted by molar-refractivity contribution is 5.70.